The maximum atomic E-state index is 13.6. The van der Waals surface area contributed by atoms with E-state index in [9.17, 15) is 22.4 Å². The first kappa shape index (κ1) is 28.3. The van der Waals surface area contributed by atoms with Crippen LogP contribution in [-0.2, 0) is 26.3 Å². The Morgan fingerprint density at radius 3 is 2.31 bits per heavy atom. The van der Waals surface area contributed by atoms with Crippen molar-refractivity contribution in [1.29, 1.82) is 0 Å². The molecule has 0 heterocycles. The van der Waals surface area contributed by atoms with Crippen LogP contribution in [0.4, 0.5) is 10.1 Å². The SMILES string of the molecule is CCCCNC(=O)C(C)N(Cc1cccc(C)c1)C(=O)CN(c1ccc(F)cc1)S(=O)(=O)N(C)C. The van der Waals surface area contributed by atoms with Gasteiger partial charge >= 0.3 is 10.2 Å². The lowest BCUT2D eigenvalue weighted by molar-refractivity contribution is -0.139. The summed E-state index contributed by atoms with van der Waals surface area (Å²) < 4.78 is 41.5. The Kier molecular flexibility index (Phi) is 10.2. The quantitative estimate of drug-likeness (QED) is 0.448. The average Bonchev–Trinajstić information content (AvgIpc) is 2.81. The normalized spacial score (nSPS) is 12.3. The molecule has 0 aliphatic rings. The summed E-state index contributed by atoms with van der Waals surface area (Å²) >= 11 is 0. The lowest BCUT2D eigenvalue weighted by atomic mass is 10.1. The van der Waals surface area contributed by atoms with Crippen molar-refractivity contribution in [3.8, 4) is 0 Å². The van der Waals surface area contributed by atoms with Crippen LogP contribution in [0.3, 0.4) is 0 Å². The van der Waals surface area contributed by atoms with E-state index in [1.807, 2.05) is 38.1 Å². The molecule has 2 rings (SSSR count). The van der Waals surface area contributed by atoms with Crippen LogP contribution in [-0.4, -0.2) is 62.7 Å². The highest BCUT2D eigenvalue weighted by Crippen LogP contribution is 2.21. The molecular weight excluding hydrogens is 471 g/mol. The second-order valence-electron chi connectivity index (χ2n) is 8.60. The van der Waals surface area contributed by atoms with E-state index in [4.69, 9.17) is 0 Å². The van der Waals surface area contributed by atoms with Gasteiger partial charge in [0.25, 0.3) is 0 Å². The van der Waals surface area contributed by atoms with Crippen LogP contribution in [0, 0.1) is 12.7 Å². The van der Waals surface area contributed by atoms with Gasteiger partial charge in [-0.1, -0.05) is 43.2 Å². The second-order valence-corrected chi connectivity index (χ2v) is 10.7. The number of rotatable bonds is 12. The zero-order valence-corrected chi connectivity index (χ0v) is 21.8. The third-order valence-corrected chi connectivity index (χ3v) is 7.39. The molecule has 0 saturated carbocycles. The molecule has 2 amide bonds. The van der Waals surface area contributed by atoms with Crippen LogP contribution in [0.15, 0.2) is 48.5 Å². The molecule has 0 spiro atoms. The molecule has 2 aromatic rings. The number of carbonyl (C=O) groups is 2. The van der Waals surface area contributed by atoms with Crippen molar-refractivity contribution in [1.82, 2.24) is 14.5 Å². The van der Waals surface area contributed by atoms with Crippen LogP contribution in [0.25, 0.3) is 0 Å². The van der Waals surface area contributed by atoms with Crippen molar-refractivity contribution < 1.29 is 22.4 Å². The van der Waals surface area contributed by atoms with Crippen molar-refractivity contribution in [2.75, 3.05) is 31.5 Å². The van der Waals surface area contributed by atoms with E-state index in [2.05, 4.69) is 5.32 Å². The van der Waals surface area contributed by atoms with Gasteiger partial charge in [0.15, 0.2) is 0 Å². The molecule has 192 valence electrons. The molecule has 10 heteroatoms. The topological polar surface area (TPSA) is 90.0 Å². The summed E-state index contributed by atoms with van der Waals surface area (Å²) in [7, 11) is -1.38. The molecule has 8 nitrogen and oxygen atoms in total. The number of halogens is 1. The Labute approximate surface area is 207 Å². The van der Waals surface area contributed by atoms with Crippen LogP contribution in [0.1, 0.15) is 37.8 Å². The molecule has 2 aromatic carbocycles. The Bertz CT molecular complexity index is 1110. The maximum Gasteiger partial charge on any atom is 0.304 e. The summed E-state index contributed by atoms with van der Waals surface area (Å²) in [5.74, 6) is -1.40. The lowest BCUT2D eigenvalue weighted by Gasteiger charge is -2.33. The smallest absolute Gasteiger partial charge is 0.304 e. The number of aryl methyl sites for hydroxylation is 1. The van der Waals surface area contributed by atoms with E-state index in [1.54, 1.807) is 6.92 Å². The number of amides is 2. The molecule has 1 unspecified atom stereocenters. The van der Waals surface area contributed by atoms with Crippen LogP contribution >= 0.6 is 0 Å². The highest BCUT2D eigenvalue weighted by Gasteiger charge is 2.32. The van der Waals surface area contributed by atoms with E-state index in [-0.39, 0.29) is 18.1 Å². The second kappa shape index (κ2) is 12.6. The first-order chi connectivity index (χ1) is 16.5. The first-order valence-corrected chi connectivity index (χ1v) is 13.0. The van der Waals surface area contributed by atoms with E-state index in [1.165, 1.54) is 31.1 Å². The predicted octanol–water partition coefficient (Wildman–Crippen LogP) is 3.08. The van der Waals surface area contributed by atoms with Crippen LogP contribution in [0.2, 0.25) is 0 Å². The van der Waals surface area contributed by atoms with Gasteiger partial charge in [0.05, 0.1) is 5.69 Å². The molecule has 0 aromatic heterocycles. The number of hydrogen-bond donors (Lipinski definition) is 1. The molecule has 0 saturated heterocycles. The Balaban J connectivity index is 2.40. The minimum atomic E-state index is -4.08. The Morgan fingerprint density at radius 1 is 1.09 bits per heavy atom. The van der Waals surface area contributed by atoms with Gasteiger partial charge in [-0.05, 0) is 50.1 Å². The van der Waals surface area contributed by atoms with Gasteiger partial charge in [-0.3, -0.25) is 9.59 Å². The zero-order valence-electron chi connectivity index (χ0n) is 21.0. The van der Waals surface area contributed by atoms with Crippen molar-refractivity contribution in [3.05, 3.63) is 65.5 Å². The summed E-state index contributed by atoms with van der Waals surface area (Å²) in [5.41, 5.74) is 1.96. The molecule has 0 fully saturated rings. The fourth-order valence-corrected chi connectivity index (χ4v) is 4.51. The predicted molar refractivity (Wildman–Crippen MR) is 135 cm³/mol. The van der Waals surface area contributed by atoms with Gasteiger partial charge in [0.1, 0.15) is 18.4 Å². The molecule has 0 aliphatic heterocycles. The Hall–Kier alpha value is -2.98. The molecule has 35 heavy (non-hydrogen) atoms. The lowest BCUT2D eigenvalue weighted by Crippen LogP contribution is -2.52. The minimum absolute atomic E-state index is 0.127. The van der Waals surface area contributed by atoms with E-state index >= 15 is 0 Å². The number of benzene rings is 2. The maximum absolute atomic E-state index is 13.6. The van der Waals surface area contributed by atoms with Gasteiger partial charge in [-0.15, -0.1) is 0 Å². The van der Waals surface area contributed by atoms with Gasteiger partial charge in [-0.25, -0.2) is 8.70 Å². The number of unbranched alkanes of at least 4 members (excludes halogenated alkanes) is 1. The summed E-state index contributed by atoms with van der Waals surface area (Å²) in [4.78, 5) is 27.8. The van der Waals surface area contributed by atoms with E-state index in [0.717, 1.165) is 44.7 Å². The number of hydrogen-bond acceptors (Lipinski definition) is 4. The monoisotopic (exact) mass is 506 g/mol. The number of nitrogens with zero attached hydrogens (tertiary/aromatic N) is 3. The van der Waals surface area contributed by atoms with Gasteiger partial charge in [0.2, 0.25) is 11.8 Å². The largest absolute Gasteiger partial charge is 0.354 e. The third-order valence-electron chi connectivity index (χ3n) is 5.57. The van der Waals surface area contributed by atoms with Crippen LogP contribution in [0.5, 0.6) is 0 Å². The summed E-state index contributed by atoms with van der Waals surface area (Å²) in [6, 6.07) is 11.6. The molecule has 1 N–H and O–H groups in total. The van der Waals surface area contributed by atoms with Crippen molar-refractivity contribution >= 4 is 27.7 Å². The molecule has 0 bridgehead atoms. The highest BCUT2D eigenvalue weighted by atomic mass is 32.2. The first-order valence-electron chi connectivity index (χ1n) is 11.6. The molecular formula is C25H35FN4O4S. The summed E-state index contributed by atoms with van der Waals surface area (Å²) in [5, 5.41) is 2.84. The molecule has 0 aliphatic carbocycles. The van der Waals surface area contributed by atoms with Crippen molar-refractivity contribution in [2.24, 2.45) is 0 Å². The minimum Gasteiger partial charge on any atom is -0.354 e. The number of anilines is 1. The average molecular weight is 507 g/mol. The van der Waals surface area contributed by atoms with E-state index in [0.29, 0.717) is 6.54 Å². The number of carbonyl (C=O) groups excluding carboxylic acids is 2. The molecule has 0 radical (unpaired) electrons. The van der Waals surface area contributed by atoms with Gasteiger partial charge in [0, 0.05) is 27.2 Å². The highest BCUT2D eigenvalue weighted by molar-refractivity contribution is 7.90. The number of nitrogens with one attached hydrogen (secondary N) is 1. The van der Waals surface area contributed by atoms with Crippen LogP contribution < -0.4 is 9.62 Å². The zero-order chi connectivity index (χ0) is 26.2. The van der Waals surface area contributed by atoms with E-state index < -0.39 is 34.5 Å². The van der Waals surface area contributed by atoms with Crippen molar-refractivity contribution in [3.63, 3.8) is 0 Å². The third kappa shape index (κ3) is 7.76. The fraction of sp³-hybridized carbons (Fsp3) is 0.440. The summed E-state index contributed by atoms with van der Waals surface area (Å²) in [6.45, 7) is 5.63. The fourth-order valence-electron chi connectivity index (χ4n) is 3.45. The molecule has 1 atom stereocenters. The Morgan fingerprint density at radius 2 is 1.74 bits per heavy atom. The standard InChI is InChI=1S/C25H35FN4O4S/c1-6-7-15-27-25(32)20(3)29(17-21-10-8-9-19(2)16-21)24(31)18-30(35(33,34)28(4)5)23-13-11-22(26)12-14-23/h8-14,16,20H,6-7,15,17-18H2,1-5H3,(H,27,32). The summed E-state index contributed by atoms with van der Waals surface area (Å²) in [6.07, 6.45) is 1.72. The van der Waals surface area contributed by atoms with Crippen molar-refractivity contribution in [2.45, 2.75) is 46.2 Å². The van der Waals surface area contributed by atoms with Gasteiger partial charge in [-0.2, -0.15) is 12.7 Å². The van der Waals surface area contributed by atoms with Gasteiger partial charge < -0.3 is 10.2 Å².